The van der Waals surface area contributed by atoms with Crippen LogP contribution in [0.1, 0.15) is 5.56 Å². The molecule has 1 heterocycles. The predicted octanol–water partition coefficient (Wildman–Crippen LogP) is 2.59. The van der Waals surface area contributed by atoms with E-state index in [9.17, 15) is 5.11 Å². The van der Waals surface area contributed by atoms with Gasteiger partial charge in [-0.05, 0) is 54.9 Å². The van der Waals surface area contributed by atoms with Gasteiger partial charge in [0.25, 0.3) is 0 Å². The number of furan rings is 1. The van der Waals surface area contributed by atoms with Crippen LogP contribution in [-0.4, -0.2) is 30.9 Å². The molecular weight excluding hydrogens is 304 g/mol. The molecule has 0 aliphatic carbocycles. The average Bonchev–Trinajstić information content (AvgIpc) is 3.06. The molecule has 126 valence electrons. The number of benzene rings is 2. The summed E-state index contributed by atoms with van der Waals surface area (Å²) in [5, 5.41) is 14.2. The fourth-order valence-corrected chi connectivity index (χ4v) is 2.47. The summed E-state index contributed by atoms with van der Waals surface area (Å²) in [5.74, 6) is 0.727. The highest BCUT2D eigenvalue weighted by atomic mass is 16.5. The van der Waals surface area contributed by atoms with Gasteiger partial charge in [0.2, 0.25) is 0 Å². The smallest absolute Gasteiger partial charge is 0.134 e. The lowest BCUT2D eigenvalue weighted by atomic mass is 10.1. The van der Waals surface area contributed by atoms with Gasteiger partial charge in [-0.2, -0.15) is 0 Å². The highest BCUT2D eigenvalue weighted by molar-refractivity contribution is 5.78. The van der Waals surface area contributed by atoms with E-state index in [-0.39, 0.29) is 6.61 Å². The summed E-state index contributed by atoms with van der Waals surface area (Å²) in [4.78, 5) is 0. The third kappa shape index (κ3) is 4.50. The average molecular weight is 326 g/mol. The minimum absolute atomic E-state index is 0.248. The number of aliphatic hydroxyl groups is 1. The van der Waals surface area contributed by atoms with E-state index >= 15 is 0 Å². The number of hydrogen-bond acceptors (Lipinski definition) is 5. The van der Waals surface area contributed by atoms with Crippen LogP contribution in [0.5, 0.6) is 5.75 Å². The molecule has 1 aromatic heterocycles. The molecule has 0 aliphatic rings. The number of rotatable bonds is 8. The van der Waals surface area contributed by atoms with Crippen molar-refractivity contribution in [3.8, 4) is 5.75 Å². The topological polar surface area (TPSA) is 80.7 Å². The van der Waals surface area contributed by atoms with Crippen LogP contribution in [0.15, 0.2) is 59.2 Å². The van der Waals surface area contributed by atoms with Crippen molar-refractivity contribution in [3.63, 3.8) is 0 Å². The molecule has 1 atom stereocenters. The highest BCUT2D eigenvalue weighted by Gasteiger charge is 2.06. The molecule has 3 aromatic rings. The van der Waals surface area contributed by atoms with Gasteiger partial charge >= 0.3 is 0 Å². The van der Waals surface area contributed by atoms with Gasteiger partial charge in [-0.1, -0.05) is 12.1 Å². The first-order valence-corrected chi connectivity index (χ1v) is 8.04. The van der Waals surface area contributed by atoms with Crippen LogP contribution in [0.4, 0.5) is 5.69 Å². The molecule has 1 unspecified atom stereocenters. The summed E-state index contributed by atoms with van der Waals surface area (Å²) in [6.07, 6.45) is 1.98. The zero-order valence-corrected chi connectivity index (χ0v) is 13.4. The van der Waals surface area contributed by atoms with Crippen molar-refractivity contribution in [1.82, 2.24) is 5.32 Å². The maximum absolute atomic E-state index is 9.99. The molecular formula is C19H22N2O3. The van der Waals surface area contributed by atoms with Gasteiger partial charge in [0.1, 0.15) is 24.0 Å². The minimum Gasteiger partial charge on any atom is -0.491 e. The number of fused-ring (bicyclic) bond motifs is 1. The molecule has 3 rings (SSSR count). The van der Waals surface area contributed by atoms with Gasteiger partial charge in [0.15, 0.2) is 0 Å². The quantitative estimate of drug-likeness (QED) is 0.438. The van der Waals surface area contributed by atoms with E-state index in [0.29, 0.717) is 6.54 Å². The maximum Gasteiger partial charge on any atom is 0.134 e. The molecule has 24 heavy (non-hydrogen) atoms. The fraction of sp³-hybridized carbons (Fsp3) is 0.263. The Morgan fingerprint density at radius 1 is 1.12 bits per heavy atom. The number of ether oxygens (including phenoxy) is 1. The van der Waals surface area contributed by atoms with Gasteiger partial charge in [0, 0.05) is 17.6 Å². The standard InChI is InChI=1S/C19H22N2O3/c20-16-3-1-14(2-4-16)7-9-21-12-17(22)13-24-18-5-6-19-15(11-18)8-10-23-19/h1-6,8,10-11,17,21-22H,7,9,12-13,20H2. The summed E-state index contributed by atoms with van der Waals surface area (Å²) in [6, 6.07) is 15.3. The lowest BCUT2D eigenvalue weighted by Crippen LogP contribution is -2.32. The summed E-state index contributed by atoms with van der Waals surface area (Å²) < 4.78 is 10.9. The molecule has 0 fully saturated rings. The lowest BCUT2D eigenvalue weighted by Gasteiger charge is -2.13. The number of nitrogens with one attached hydrogen (secondary N) is 1. The van der Waals surface area contributed by atoms with Crippen molar-refractivity contribution < 1.29 is 14.3 Å². The van der Waals surface area contributed by atoms with E-state index in [4.69, 9.17) is 14.9 Å². The highest BCUT2D eigenvalue weighted by Crippen LogP contribution is 2.21. The normalized spacial score (nSPS) is 12.4. The van der Waals surface area contributed by atoms with Crippen LogP contribution in [0.25, 0.3) is 11.0 Å². The van der Waals surface area contributed by atoms with E-state index < -0.39 is 6.10 Å². The van der Waals surface area contributed by atoms with Crippen LogP contribution < -0.4 is 15.8 Å². The Balaban J connectivity index is 1.36. The van der Waals surface area contributed by atoms with Gasteiger partial charge in [-0.25, -0.2) is 0 Å². The van der Waals surface area contributed by atoms with E-state index in [1.165, 1.54) is 5.56 Å². The van der Waals surface area contributed by atoms with E-state index in [0.717, 1.165) is 35.4 Å². The van der Waals surface area contributed by atoms with Crippen molar-refractivity contribution in [1.29, 1.82) is 0 Å². The summed E-state index contributed by atoms with van der Waals surface area (Å²) in [7, 11) is 0. The third-order valence-corrected chi connectivity index (χ3v) is 3.82. The van der Waals surface area contributed by atoms with Crippen molar-refractivity contribution in [2.45, 2.75) is 12.5 Å². The second kappa shape index (κ2) is 7.86. The van der Waals surface area contributed by atoms with Crippen molar-refractivity contribution in [2.75, 3.05) is 25.4 Å². The fourth-order valence-electron chi connectivity index (χ4n) is 2.47. The molecule has 0 spiro atoms. The Bertz CT molecular complexity index is 768. The number of hydrogen-bond donors (Lipinski definition) is 3. The number of nitrogens with two attached hydrogens (primary N) is 1. The zero-order chi connectivity index (χ0) is 16.8. The second-order valence-electron chi connectivity index (χ2n) is 5.78. The predicted molar refractivity (Wildman–Crippen MR) is 95.1 cm³/mol. The molecule has 0 aliphatic heterocycles. The first-order chi connectivity index (χ1) is 11.7. The Hall–Kier alpha value is -2.50. The SMILES string of the molecule is Nc1ccc(CCNCC(O)COc2ccc3occc3c2)cc1. The van der Waals surface area contributed by atoms with Gasteiger partial charge in [-0.15, -0.1) is 0 Å². The number of aliphatic hydroxyl groups excluding tert-OH is 1. The first-order valence-electron chi connectivity index (χ1n) is 8.04. The van der Waals surface area contributed by atoms with Crippen molar-refractivity contribution >= 4 is 16.7 Å². The summed E-state index contributed by atoms with van der Waals surface area (Å²) in [6.45, 7) is 1.53. The molecule has 5 nitrogen and oxygen atoms in total. The summed E-state index contributed by atoms with van der Waals surface area (Å²) >= 11 is 0. The Labute approximate surface area is 141 Å². The van der Waals surface area contributed by atoms with Crippen LogP contribution >= 0.6 is 0 Å². The van der Waals surface area contributed by atoms with Crippen LogP contribution in [0.3, 0.4) is 0 Å². The van der Waals surface area contributed by atoms with Gasteiger partial charge < -0.3 is 25.3 Å². The molecule has 2 aromatic carbocycles. The third-order valence-electron chi connectivity index (χ3n) is 3.82. The van der Waals surface area contributed by atoms with Crippen molar-refractivity contribution in [2.24, 2.45) is 0 Å². The van der Waals surface area contributed by atoms with Crippen LogP contribution in [-0.2, 0) is 6.42 Å². The number of nitrogen functional groups attached to an aromatic ring is 1. The molecule has 0 saturated carbocycles. The lowest BCUT2D eigenvalue weighted by molar-refractivity contribution is 0.107. The van der Waals surface area contributed by atoms with Gasteiger partial charge in [0.05, 0.1) is 6.26 Å². The van der Waals surface area contributed by atoms with E-state index in [2.05, 4.69) is 5.32 Å². The first kappa shape index (κ1) is 16.4. The molecule has 5 heteroatoms. The molecule has 4 N–H and O–H groups in total. The Kier molecular flexibility index (Phi) is 5.36. The Morgan fingerprint density at radius 2 is 1.96 bits per heavy atom. The van der Waals surface area contributed by atoms with Crippen molar-refractivity contribution in [3.05, 3.63) is 60.4 Å². The van der Waals surface area contributed by atoms with E-state index in [1.807, 2.05) is 48.5 Å². The summed E-state index contributed by atoms with van der Waals surface area (Å²) in [5.41, 5.74) is 8.47. The minimum atomic E-state index is -0.559. The van der Waals surface area contributed by atoms with Gasteiger partial charge in [-0.3, -0.25) is 0 Å². The molecule has 0 radical (unpaired) electrons. The molecule has 0 amide bonds. The van der Waals surface area contributed by atoms with E-state index in [1.54, 1.807) is 6.26 Å². The van der Waals surface area contributed by atoms with Crippen LogP contribution in [0.2, 0.25) is 0 Å². The number of anilines is 1. The van der Waals surface area contributed by atoms with Crippen LogP contribution in [0, 0.1) is 0 Å². The second-order valence-corrected chi connectivity index (χ2v) is 5.78. The Morgan fingerprint density at radius 3 is 2.79 bits per heavy atom. The largest absolute Gasteiger partial charge is 0.491 e. The zero-order valence-electron chi connectivity index (χ0n) is 13.4. The molecule has 0 saturated heterocycles. The maximum atomic E-state index is 9.99. The molecule has 0 bridgehead atoms. The monoisotopic (exact) mass is 326 g/mol.